The fourth-order valence-corrected chi connectivity index (χ4v) is 2.21. The first-order chi connectivity index (χ1) is 8.83. The lowest BCUT2D eigenvalue weighted by molar-refractivity contribution is 0.201. The second-order valence-corrected chi connectivity index (χ2v) is 4.40. The van der Waals surface area contributed by atoms with Crippen molar-refractivity contribution >= 4 is 6.08 Å². The van der Waals surface area contributed by atoms with E-state index in [4.69, 9.17) is 14.7 Å². The molecule has 2 rings (SSSR count). The molecule has 1 aromatic carbocycles. The van der Waals surface area contributed by atoms with Crippen LogP contribution in [0.2, 0.25) is 0 Å². The molecule has 18 heavy (non-hydrogen) atoms. The molecule has 0 saturated heterocycles. The van der Waals surface area contributed by atoms with E-state index in [0.717, 1.165) is 29.9 Å². The topological polar surface area (TPSA) is 42.2 Å². The molecule has 3 nitrogen and oxygen atoms in total. The van der Waals surface area contributed by atoms with Gasteiger partial charge in [0.1, 0.15) is 0 Å². The molecule has 1 saturated carbocycles. The summed E-state index contributed by atoms with van der Waals surface area (Å²) in [7, 11) is 1.64. The normalized spacial score (nSPS) is 15.8. The molecule has 3 heteroatoms. The van der Waals surface area contributed by atoms with Gasteiger partial charge in [-0.2, -0.15) is 5.26 Å². The van der Waals surface area contributed by atoms with Crippen molar-refractivity contribution in [3.8, 4) is 17.6 Å². The first-order valence-electron chi connectivity index (χ1n) is 6.24. The van der Waals surface area contributed by atoms with Crippen molar-refractivity contribution in [2.75, 3.05) is 7.11 Å². The first-order valence-corrected chi connectivity index (χ1v) is 6.24. The molecule has 0 amide bonds. The minimum Gasteiger partial charge on any atom is -0.493 e. The lowest BCUT2D eigenvalue weighted by atomic mass is 10.2. The zero-order chi connectivity index (χ0) is 12.8. The number of nitrogens with zero attached hydrogens (tertiary/aromatic N) is 1. The summed E-state index contributed by atoms with van der Waals surface area (Å²) in [6.07, 6.45) is 8.22. The van der Waals surface area contributed by atoms with Crippen LogP contribution in [0.4, 0.5) is 0 Å². The van der Waals surface area contributed by atoms with Crippen LogP contribution < -0.4 is 9.47 Å². The molecule has 0 radical (unpaired) electrons. The van der Waals surface area contributed by atoms with Gasteiger partial charge in [0.05, 0.1) is 19.3 Å². The maximum Gasteiger partial charge on any atom is 0.162 e. The average Bonchev–Trinajstić information content (AvgIpc) is 2.89. The van der Waals surface area contributed by atoms with Gasteiger partial charge in [-0.3, -0.25) is 0 Å². The number of benzene rings is 1. The second kappa shape index (κ2) is 6.11. The lowest BCUT2D eigenvalue weighted by Crippen LogP contribution is -2.11. The van der Waals surface area contributed by atoms with E-state index in [1.165, 1.54) is 18.9 Å². The summed E-state index contributed by atoms with van der Waals surface area (Å²) < 4.78 is 11.3. The number of ether oxygens (including phenoxy) is 2. The van der Waals surface area contributed by atoms with Crippen LogP contribution in [0.5, 0.6) is 11.5 Å². The summed E-state index contributed by atoms with van der Waals surface area (Å²) in [5.41, 5.74) is 0.949. The molecule has 0 unspecified atom stereocenters. The molecule has 1 fully saturated rings. The number of rotatable bonds is 4. The van der Waals surface area contributed by atoms with Crippen LogP contribution in [0.3, 0.4) is 0 Å². The van der Waals surface area contributed by atoms with E-state index in [-0.39, 0.29) is 0 Å². The Morgan fingerprint density at radius 3 is 2.72 bits per heavy atom. The third kappa shape index (κ3) is 3.04. The molecule has 1 aliphatic carbocycles. The second-order valence-electron chi connectivity index (χ2n) is 4.40. The Kier molecular flexibility index (Phi) is 4.25. The summed E-state index contributed by atoms with van der Waals surface area (Å²) >= 11 is 0. The summed E-state index contributed by atoms with van der Waals surface area (Å²) in [4.78, 5) is 0. The standard InChI is InChI=1S/C15H17NO2/c1-17-14-9-8-12(5-4-10-16)11-15(14)18-13-6-2-3-7-13/h4-5,8-9,11,13H,2-3,6-7H2,1H3/b5-4+. The van der Waals surface area contributed by atoms with Gasteiger partial charge in [-0.25, -0.2) is 0 Å². The largest absolute Gasteiger partial charge is 0.493 e. The Bertz CT molecular complexity index is 468. The average molecular weight is 243 g/mol. The van der Waals surface area contributed by atoms with Crippen LogP contribution >= 0.6 is 0 Å². The van der Waals surface area contributed by atoms with E-state index in [2.05, 4.69) is 0 Å². The van der Waals surface area contributed by atoms with Crippen molar-refractivity contribution < 1.29 is 9.47 Å². The van der Waals surface area contributed by atoms with E-state index in [1.807, 2.05) is 24.3 Å². The Morgan fingerprint density at radius 1 is 1.28 bits per heavy atom. The molecule has 0 aromatic heterocycles. The third-order valence-electron chi connectivity index (χ3n) is 3.13. The smallest absolute Gasteiger partial charge is 0.162 e. The fraction of sp³-hybridized carbons (Fsp3) is 0.400. The van der Waals surface area contributed by atoms with Crippen LogP contribution in [0.25, 0.3) is 6.08 Å². The van der Waals surface area contributed by atoms with Gasteiger partial charge in [0.25, 0.3) is 0 Å². The molecular formula is C15H17NO2. The number of hydrogen-bond acceptors (Lipinski definition) is 3. The Morgan fingerprint density at radius 2 is 2.06 bits per heavy atom. The minimum atomic E-state index is 0.300. The van der Waals surface area contributed by atoms with E-state index < -0.39 is 0 Å². The van der Waals surface area contributed by atoms with Crippen LogP contribution in [0, 0.1) is 11.3 Å². The summed E-state index contributed by atoms with van der Waals surface area (Å²) in [6.45, 7) is 0. The van der Waals surface area contributed by atoms with E-state index in [0.29, 0.717) is 6.10 Å². The SMILES string of the molecule is COc1ccc(/C=C/C#N)cc1OC1CCCC1. The van der Waals surface area contributed by atoms with Gasteiger partial charge >= 0.3 is 0 Å². The van der Waals surface area contributed by atoms with E-state index in [1.54, 1.807) is 13.2 Å². The highest BCUT2D eigenvalue weighted by atomic mass is 16.5. The van der Waals surface area contributed by atoms with Crippen LogP contribution in [-0.2, 0) is 0 Å². The van der Waals surface area contributed by atoms with Crippen molar-refractivity contribution in [2.24, 2.45) is 0 Å². The Labute approximate surface area is 108 Å². The zero-order valence-corrected chi connectivity index (χ0v) is 10.6. The number of hydrogen-bond donors (Lipinski definition) is 0. The van der Waals surface area contributed by atoms with Crippen molar-refractivity contribution in [3.05, 3.63) is 29.8 Å². The van der Waals surface area contributed by atoms with Crippen LogP contribution in [0.15, 0.2) is 24.3 Å². The molecular weight excluding hydrogens is 226 g/mol. The van der Waals surface area contributed by atoms with Crippen molar-refractivity contribution in [2.45, 2.75) is 31.8 Å². The third-order valence-corrected chi connectivity index (χ3v) is 3.13. The van der Waals surface area contributed by atoms with Crippen molar-refractivity contribution in [1.29, 1.82) is 5.26 Å². The minimum absolute atomic E-state index is 0.300. The number of methoxy groups -OCH3 is 1. The molecule has 0 atom stereocenters. The quantitative estimate of drug-likeness (QED) is 0.759. The summed E-state index contributed by atoms with van der Waals surface area (Å²) in [5.74, 6) is 1.51. The first kappa shape index (κ1) is 12.5. The predicted octanol–water partition coefficient (Wildman–Crippen LogP) is 3.55. The van der Waals surface area contributed by atoms with Gasteiger partial charge in [0.2, 0.25) is 0 Å². The van der Waals surface area contributed by atoms with Gasteiger partial charge in [0, 0.05) is 6.08 Å². The molecule has 0 aliphatic heterocycles. The maximum atomic E-state index is 8.53. The maximum absolute atomic E-state index is 8.53. The molecule has 0 heterocycles. The number of nitriles is 1. The highest BCUT2D eigenvalue weighted by molar-refractivity contribution is 5.57. The van der Waals surface area contributed by atoms with E-state index in [9.17, 15) is 0 Å². The van der Waals surface area contributed by atoms with Crippen molar-refractivity contribution in [3.63, 3.8) is 0 Å². The van der Waals surface area contributed by atoms with Crippen LogP contribution in [0.1, 0.15) is 31.2 Å². The van der Waals surface area contributed by atoms with E-state index >= 15 is 0 Å². The van der Waals surface area contributed by atoms with Crippen molar-refractivity contribution in [1.82, 2.24) is 0 Å². The predicted molar refractivity (Wildman–Crippen MR) is 70.5 cm³/mol. The van der Waals surface area contributed by atoms with Gasteiger partial charge in [-0.1, -0.05) is 6.07 Å². The Balaban J connectivity index is 2.19. The van der Waals surface area contributed by atoms with Gasteiger partial charge in [0.15, 0.2) is 11.5 Å². The summed E-state index contributed by atoms with van der Waals surface area (Å²) in [5, 5.41) is 8.53. The highest BCUT2D eigenvalue weighted by Gasteiger charge is 2.18. The highest BCUT2D eigenvalue weighted by Crippen LogP contribution is 2.32. The molecule has 1 aliphatic rings. The van der Waals surface area contributed by atoms with Gasteiger partial charge in [-0.05, 0) is 49.5 Å². The lowest BCUT2D eigenvalue weighted by Gasteiger charge is -2.16. The molecule has 0 spiro atoms. The number of allylic oxidation sites excluding steroid dienone is 1. The summed E-state index contributed by atoms with van der Waals surface area (Å²) in [6, 6.07) is 7.69. The molecule has 0 N–H and O–H groups in total. The monoisotopic (exact) mass is 243 g/mol. The van der Waals surface area contributed by atoms with Gasteiger partial charge in [-0.15, -0.1) is 0 Å². The molecule has 94 valence electrons. The zero-order valence-electron chi connectivity index (χ0n) is 10.6. The Hall–Kier alpha value is -1.95. The van der Waals surface area contributed by atoms with Crippen LogP contribution in [-0.4, -0.2) is 13.2 Å². The fourth-order valence-electron chi connectivity index (χ4n) is 2.21. The van der Waals surface area contributed by atoms with Gasteiger partial charge < -0.3 is 9.47 Å². The molecule has 1 aromatic rings. The molecule has 0 bridgehead atoms.